The van der Waals surface area contributed by atoms with Crippen LogP contribution in [0.15, 0.2) is 30.3 Å². The summed E-state index contributed by atoms with van der Waals surface area (Å²) in [5, 5.41) is 10.3. The van der Waals surface area contributed by atoms with Gasteiger partial charge in [0, 0.05) is 24.6 Å². The van der Waals surface area contributed by atoms with Gasteiger partial charge in [0.25, 0.3) is 5.69 Å². The Morgan fingerprint density at radius 3 is 2.46 bits per heavy atom. The van der Waals surface area contributed by atoms with E-state index in [1.54, 1.807) is 18.1 Å². The molecule has 0 aliphatic rings. The molecule has 0 aliphatic heterocycles. The highest BCUT2D eigenvalue weighted by Crippen LogP contribution is 2.11. The van der Waals surface area contributed by atoms with Crippen LogP contribution in [0.25, 0.3) is 0 Å². The van der Waals surface area contributed by atoms with E-state index in [-0.39, 0.29) is 5.69 Å². The van der Waals surface area contributed by atoms with E-state index in [0.717, 1.165) is 5.56 Å². The molecule has 0 fully saturated rings. The molecule has 0 amide bonds. The van der Waals surface area contributed by atoms with Crippen molar-refractivity contribution in [3.05, 3.63) is 46.0 Å². The minimum atomic E-state index is -0.459. The summed E-state index contributed by atoms with van der Waals surface area (Å²) in [4.78, 5) is 19.7. The van der Waals surface area contributed by atoms with E-state index in [2.05, 4.69) is 0 Å². The molecule has 4 nitrogen and oxygen atoms in total. The van der Waals surface area contributed by atoms with Crippen LogP contribution in [-0.2, 0) is 11.2 Å². The second kappa shape index (κ2) is 4.18. The zero-order valence-corrected chi connectivity index (χ0v) is 6.77. The molecule has 13 heavy (non-hydrogen) atoms. The lowest BCUT2D eigenvalue weighted by atomic mass is 10.1. The summed E-state index contributed by atoms with van der Waals surface area (Å²) in [5.41, 5.74) is 0.910. The van der Waals surface area contributed by atoms with Crippen molar-refractivity contribution in [2.45, 2.75) is 6.42 Å². The zero-order chi connectivity index (χ0) is 9.68. The topological polar surface area (TPSA) is 60.2 Å². The van der Waals surface area contributed by atoms with Crippen LogP contribution in [0.5, 0.6) is 0 Å². The molecule has 0 radical (unpaired) electrons. The van der Waals surface area contributed by atoms with Crippen LogP contribution in [-0.4, -0.2) is 10.9 Å². The van der Waals surface area contributed by atoms with E-state index in [1.807, 2.05) is 0 Å². The molecule has 0 aromatic heterocycles. The summed E-state index contributed by atoms with van der Waals surface area (Å²) in [5.74, 6) is 1.64. The maximum Gasteiger partial charge on any atom is 0.269 e. The maximum absolute atomic E-state index is 10.3. The van der Waals surface area contributed by atoms with Crippen LogP contribution >= 0.6 is 0 Å². The molecule has 0 atom stereocenters. The van der Waals surface area contributed by atoms with Crippen molar-refractivity contribution in [1.29, 1.82) is 0 Å². The van der Waals surface area contributed by atoms with E-state index in [9.17, 15) is 14.9 Å². The Morgan fingerprint density at radius 2 is 2.00 bits per heavy atom. The maximum atomic E-state index is 10.3. The number of carbonyl (C=O) groups excluding carboxylic acids is 1. The van der Waals surface area contributed by atoms with Gasteiger partial charge < -0.3 is 0 Å². The molecule has 1 rings (SSSR count). The first kappa shape index (κ1) is 9.16. The number of allylic oxidation sites excluding steroid dienone is 1. The first-order valence-corrected chi connectivity index (χ1v) is 3.66. The number of nitro groups is 1. The van der Waals surface area contributed by atoms with Gasteiger partial charge >= 0.3 is 0 Å². The predicted molar refractivity (Wildman–Crippen MR) is 47.1 cm³/mol. The smallest absolute Gasteiger partial charge is 0.258 e. The van der Waals surface area contributed by atoms with Gasteiger partial charge in [0.05, 0.1) is 4.92 Å². The van der Waals surface area contributed by atoms with E-state index >= 15 is 0 Å². The summed E-state index contributed by atoms with van der Waals surface area (Å²) >= 11 is 0. The highest BCUT2D eigenvalue weighted by molar-refractivity contribution is 5.46. The van der Waals surface area contributed by atoms with Gasteiger partial charge in [-0.05, 0) is 5.56 Å². The lowest BCUT2D eigenvalue weighted by Gasteiger charge is -1.94. The predicted octanol–water partition coefficient (Wildman–Crippen LogP) is 1.53. The van der Waals surface area contributed by atoms with Gasteiger partial charge in [-0.15, -0.1) is 0 Å². The molecule has 0 unspecified atom stereocenters. The minimum absolute atomic E-state index is 0.0545. The average molecular weight is 177 g/mol. The molecule has 0 saturated carbocycles. The molecule has 0 bridgehead atoms. The van der Waals surface area contributed by atoms with E-state index in [0.29, 0.717) is 6.42 Å². The third kappa shape index (κ3) is 2.54. The van der Waals surface area contributed by atoms with E-state index < -0.39 is 4.92 Å². The second-order valence-corrected chi connectivity index (χ2v) is 2.45. The van der Waals surface area contributed by atoms with Crippen molar-refractivity contribution in [2.75, 3.05) is 0 Å². The lowest BCUT2D eigenvalue weighted by molar-refractivity contribution is -0.384. The molecule has 0 spiro atoms. The number of rotatable bonds is 3. The van der Waals surface area contributed by atoms with Gasteiger partial charge in [0.2, 0.25) is 0 Å². The number of nitrogens with zero attached hydrogens (tertiary/aromatic N) is 1. The largest absolute Gasteiger partial charge is 0.269 e. The van der Waals surface area contributed by atoms with Gasteiger partial charge in [0.15, 0.2) is 0 Å². The van der Waals surface area contributed by atoms with Gasteiger partial charge in [-0.3, -0.25) is 10.1 Å². The fourth-order valence-corrected chi connectivity index (χ4v) is 0.913. The van der Waals surface area contributed by atoms with Gasteiger partial charge in [-0.25, -0.2) is 4.79 Å². The third-order valence-electron chi connectivity index (χ3n) is 1.57. The van der Waals surface area contributed by atoms with Crippen molar-refractivity contribution >= 4 is 11.6 Å². The Kier molecular flexibility index (Phi) is 2.95. The van der Waals surface area contributed by atoms with E-state index in [4.69, 9.17) is 0 Å². The Balaban J connectivity index is 2.80. The number of non-ortho nitro benzene ring substituents is 1. The van der Waals surface area contributed by atoms with Gasteiger partial charge in [0.1, 0.15) is 5.94 Å². The minimum Gasteiger partial charge on any atom is -0.258 e. The van der Waals surface area contributed by atoms with Crippen LogP contribution in [0.3, 0.4) is 0 Å². The third-order valence-corrected chi connectivity index (χ3v) is 1.57. The Bertz CT molecular complexity index is 350. The monoisotopic (exact) mass is 177 g/mol. The van der Waals surface area contributed by atoms with Crippen LogP contribution in [0, 0.1) is 10.1 Å². The molecule has 0 N–H and O–H groups in total. The molecule has 0 heterocycles. The molecule has 0 saturated heterocycles. The second-order valence-electron chi connectivity index (χ2n) is 2.45. The summed E-state index contributed by atoms with van der Waals surface area (Å²) in [6.45, 7) is 0. The van der Waals surface area contributed by atoms with Gasteiger partial charge in [-0.2, -0.15) is 0 Å². The fraction of sp³-hybridized carbons (Fsp3) is 0.111. The highest BCUT2D eigenvalue weighted by Gasteiger charge is 2.02. The molecule has 1 aromatic rings. The van der Waals surface area contributed by atoms with Crippen molar-refractivity contribution in [1.82, 2.24) is 0 Å². The SMILES string of the molecule is O=C=CCc1ccc([N+](=O)[O-])cc1. The lowest BCUT2D eigenvalue weighted by Crippen LogP contribution is -1.88. The van der Waals surface area contributed by atoms with Crippen LogP contribution in [0.4, 0.5) is 5.69 Å². The Hall–Kier alpha value is -1.93. The average Bonchev–Trinajstić information content (AvgIpc) is 2.15. The standard InChI is InChI=1S/C9H7NO3/c11-7-1-2-8-3-5-9(6-4-8)10(12)13/h1,3-6H,2H2. The van der Waals surface area contributed by atoms with Crippen molar-refractivity contribution in [3.8, 4) is 0 Å². The van der Waals surface area contributed by atoms with Crippen molar-refractivity contribution in [2.24, 2.45) is 0 Å². The summed E-state index contributed by atoms with van der Waals surface area (Å²) in [7, 11) is 0. The van der Waals surface area contributed by atoms with Crippen molar-refractivity contribution < 1.29 is 9.72 Å². The number of hydrogen-bond acceptors (Lipinski definition) is 3. The summed E-state index contributed by atoms with van der Waals surface area (Å²) in [6, 6.07) is 6.06. The van der Waals surface area contributed by atoms with Gasteiger partial charge in [-0.1, -0.05) is 12.1 Å². The molecule has 66 valence electrons. The first-order valence-electron chi connectivity index (χ1n) is 3.66. The zero-order valence-electron chi connectivity index (χ0n) is 6.77. The highest BCUT2D eigenvalue weighted by atomic mass is 16.6. The number of benzene rings is 1. The summed E-state index contributed by atoms with van der Waals surface area (Å²) in [6.07, 6.45) is 1.79. The van der Waals surface area contributed by atoms with E-state index in [1.165, 1.54) is 18.2 Å². The normalized spacial score (nSPS) is 8.92. The quantitative estimate of drug-likeness (QED) is 0.399. The fourth-order valence-electron chi connectivity index (χ4n) is 0.913. The number of nitro benzene ring substituents is 1. The molecule has 4 heteroatoms. The number of hydrogen-bond donors (Lipinski definition) is 0. The molecular weight excluding hydrogens is 170 g/mol. The molecular formula is C9H7NO3. The Morgan fingerprint density at radius 1 is 1.38 bits per heavy atom. The molecule has 1 aromatic carbocycles. The first-order chi connectivity index (χ1) is 6.24. The molecule has 0 aliphatic carbocycles. The van der Waals surface area contributed by atoms with Crippen LogP contribution in [0.2, 0.25) is 0 Å². The van der Waals surface area contributed by atoms with Crippen LogP contribution < -0.4 is 0 Å². The Labute approximate surface area is 74.7 Å². The van der Waals surface area contributed by atoms with Crippen molar-refractivity contribution in [3.63, 3.8) is 0 Å². The summed E-state index contributed by atoms with van der Waals surface area (Å²) < 4.78 is 0. The van der Waals surface area contributed by atoms with Crippen LogP contribution in [0.1, 0.15) is 5.56 Å².